The summed E-state index contributed by atoms with van der Waals surface area (Å²) in [7, 11) is 0. The Morgan fingerprint density at radius 2 is 2.33 bits per heavy atom. The zero-order chi connectivity index (χ0) is 11.4. The third kappa shape index (κ3) is 2.88. The molecule has 0 amide bonds. The Hall–Kier alpha value is -1.69. The van der Waals surface area contributed by atoms with E-state index in [9.17, 15) is 14.0 Å². The smallest absolute Gasteiger partial charge is 0.328 e. The highest BCUT2D eigenvalue weighted by Gasteiger charge is 1.99. The average molecular weight is 214 g/mol. The number of nitrogens with one attached hydrogen (secondary N) is 1. The van der Waals surface area contributed by atoms with Crippen molar-refractivity contribution >= 4 is 0 Å². The second kappa shape index (κ2) is 4.70. The first-order chi connectivity index (χ1) is 7.04. The van der Waals surface area contributed by atoms with E-state index < -0.39 is 23.7 Å². The molecule has 2 N–H and O–H groups in total. The van der Waals surface area contributed by atoms with Gasteiger partial charge in [0.1, 0.15) is 5.83 Å². The minimum absolute atomic E-state index is 0.0250. The zero-order valence-electron chi connectivity index (χ0n) is 8.16. The lowest BCUT2D eigenvalue weighted by Gasteiger charge is -2.01. The van der Waals surface area contributed by atoms with Gasteiger partial charge in [-0.25, -0.2) is 9.18 Å². The number of aromatic nitrogens is 2. The largest absolute Gasteiger partial charge is 0.389 e. The van der Waals surface area contributed by atoms with Crippen molar-refractivity contribution in [2.24, 2.45) is 0 Å². The standard InChI is InChI=1S/C9H11FN2O3/c1-6-4-12(3-2-7(10)5-13)9(15)11-8(6)14/h2,4,13H,3,5H2,1H3,(H,11,14,15)/b7-2-. The van der Waals surface area contributed by atoms with Gasteiger partial charge in [0.25, 0.3) is 5.56 Å². The molecule has 0 spiro atoms. The number of rotatable bonds is 3. The summed E-state index contributed by atoms with van der Waals surface area (Å²) in [5.74, 6) is -0.717. The highest BCUT2D eigenvalue weighted by molar-refractivity contribution is 5.02. The van der Waals surface area contributed by atoms with Gasteiger partial charge in [-0.15, -0.1) is 0 Å². The van der Waals surface area contributed by atoms with Crippen LogP contribution < -0.4 is 11.2 Å². The van der Waals surface area contributed by atoms with Gasteiger partial charge in [0, 0.05) is 18.3 Å². The van der Waals surface area contributed by atoms with Crippen molar-refractivity contribution in [3.63, 3.8) is 0 Å². The molecule has 0 bridgehead atoms. The number of halogens is 1. The van der Waals surface area contributed by atoms with Crippen LogP contribution in [0.2, 0.25) is 0 Å². The summed E-state index contributed by atoms with van der Waals surface area (Å²) >= 11 is 0. The van der Waals surface area contributed by atoms with Gasteiger partial charge in [0.15, 0.2) is 0 Å². The van der Waals surface area contributed by atoms with Crippen molar-refractivity contribution < 1.29 is 9.50 Å². The predicted molar refractivity (Wildman–Crippen MR) is 52.3 cm³/mol. The Labute approximate surface area is 84.5 Å². The Morgan fingerprint density at radius 3 is 2.93 bits per heavy atom. The molecule has 1 rings (SSSR count). The summed E-state index contributed by atoms with van der Waals surface area (Å²) in [6.07, 6.45) is 2.40. The zero-order valence-corrected chi connectivity index (χ0v) is 8.16. The van der Waals surface area contributed by atoms with Crippen LogP contribution in [0.1, 0.15) is 5.56 Å². The Morgan fingerprint density at radius 1 is 1.67 bits per heavy atom. The fourth-order valence-corrected chi connectivity index (χ4v) is 1.02. The van der Waals surface area contributed by atoms with Crippen LogP contribution in [0.5, 0.6) is 0 Å². The van der Waals surface area contributed by atoms with E-state index in [0.29, 0.717) is 5.56 Å². The number of aromatic amines is 1. The van der Waals surface area contributed by atoms with E-state index in [4.69, 9.17) is 5.11 Å². The molecule has 15 heavy (non-hydrogen) atoms. The molecule has 0 saturated carbocycles. The molecular formula is C9H11FN2O3. The number of hydrogen-bond donors (Lipinski definition) is 2. The maximum absolute atomic E-state index is 12.6. The van der Waals surface area contributed by atoms with Gasteiger partial charge in [-0.2, -0.15) is 0 Å². The number of aryl methyl sites for hydroxylation is 1. The minimum atomic E-state index is -0.717. The van der Waals surface area contributed by atoms with E-state index in [-0.39, 0.29) is 6.54 Å². The van der Waals surface area contributed by atoms with E-state index in [0.717, 1.165) is 10.6 Å². The lowest BCUT2D eigenvalue weighted by atomic mass is 10.4. The molecule has 0 saturated heterocycles. The Bertz CT molecular complexity index is 487. The molecule has 1 aromatic heterocycles. The highest BCUT2D eigenvalue weighted by atomic mass is 19.1. The molecule has 1 heterocycles. The van der Waals surface area contributed by atoms with Crippen LogP contribution in [0.4, 0.5) is 4.39 Å². The van der Waals surface area contributed by atoms with Gasteiger partial charge in [-0.05, 0) is 13.0 Å². The predicted octanol–water partition coefficient (Wildman–Crippen LogP) is -0.309. The lowest BCUT2D eigenvalue weighted by Crippen LogP contribution is -2.30. The highest BCUT2D eigenvalue weighted by Crippen LogP contribution is 1.94. The van der Waals surface area contributed by atoms with Crippen LogP contribution in [0, 0.1) is 6.92 Å². The van der Waals surface area contributed by atoms with Gasteiger partial charge >= 0.3 is 5.69 Å². The first-order valence-electron chi connectivity index (χ1n) is 4.30. The SMILES string of the molecule is Cc1cn(C/C=C(\F)CO)c(=O)[nH]c1=O. The second-order valence-electron chi connectivity index (χ2n) is 3.03. The van der Waals surface area contributed by atoms with Crippen LogP contribution in [-0.4, -0.2) is 21.3 Å². The third-order valence-corrected chi connectivity index (χ3v) is 1.85. The van der Waals surface area contributed by atoms with Crippen molar-refractivity contribution in [3.05, 3.63) is 44.5 Å². The first-order valence-corrected chi connectivity index (χ1v) is 4.30. The van der Waals surface area contributed by atoms with Crippen LogP contribution in [0.25, 0.3) is 0 Å². The molecule has 0 fully saturated rings. The normalized spacial score (nSPS) is 11.8. The maximum atomic E-state index is 12.6. The fourth-order valence-electron chi connectivity index (χ4n) is 1.02. The number of aliphatic hydroxyl groups excluding tert-OH is 1. The van der Waals surface area contributed by atoms with Gasteiger partial charge in [0.2, 0.25) is 0 Å². The molecule has 0 atom stereocenters. The van der Waals surface area contributed by atoms with Crippen LogP contribution >= 0.6 is 0 Å². The molecule has 0 aliphatic carbocycles. The van der Waals surface area contributed by atoms with Crippen molar-refractivity contribution in [1.29, 1.82) is 0 Å². The topological polar surface area (TPSA) is 75.1 Å². The summed E-state index contributed by atoms with van der Waals surface area (Å²) in [6.45, 7) is 0.820. The molecule has 0 aliphatic rings. The molecule has 82 valence electrons. The Kier molecular flexibility index (Phi) is 3.56. The van der Waals surface area contributed by atoms with Crippen molar-refractivity contribution in [2.75, 3.05) is 6.61 Å². The van der Waals surface area contributed by atoms with Crippen LogP contribution in [0.15, 0.2) is 27.7 Å². The van der Waals surface area contributed by atoms with Gasteiger partial charge in [-0.3, -0.25) is 14.3 Å². The molecule has 0 unspecified atom stereocenters. The number of nitrogens with zero attached hydrogens (tertiary/aromatic N) is 1. The second-order valence-corrected chi connectivity index (χ2v) is 3.03. The monoisotopic (exact) mass is 214 g/mol. The number of H-pyrrole nitrogens is 1. The Balaban J connectivity index is 3.02. The molecule has 1 aromatic rings. The van der Waals surface area contributed by atoms with E-state index in [1.54, 1.807) is 6.92 Å². The summed E-state index contributed by atoms with van der Waals surface area (Å²) in [4.78, 5) is 24.3. The van der Waals surface area contributed by atoms with Crippen molar-refractivity contribution in [2.45, 2.75) is 13.5 Å². The fraction of sp³-hybridized carbons (Fsp3) is 0.333. The van der Waals surface area contributed by atoms with E-state index in [2.05, 4.69) is 4.98 Å². The van der Waals surface area contributed by atoms with E-state index >= 15 is 0 Å². The molecule has 6 heteroatoms. The molecule has 5 nitrogen and oxygen atoms in total. The number of aliphatic hydroxyl groups is 1. The molecule has 0 aromatic carbocycles. The first kappa shape index (κ1) is 11.4. The van der Waals surface area contributed by atoms with Crippen molar-refractivity contribution in [3.8, 4) is 0 Å². The number of hydrogen-bond acceptors (Lipinski definition) is 3. The summed E-state index contributed by atoms with van der Waals surface area (Å²) in [5, 5.41) is 8.39. The van der Waals surface area contributed by atoms with Crippen LogP contribution in [-0.2, 0) is 6.54 Å². The molecule has 0 radical (unpaired) electrons. The third-order valence-electron chi connectivity index (χ3n) is 1.85. The van der Waals surface area contributed by atoms with Gasteiger partial charge < -0.3 is 5.11 Å². The molecule has 0 aliphatic heterocycles. The summed E-state index contributed by atoms with van der Waals surface area (Å²) < 4.78 is 13.7. The van der Waals surface area contributed by atoms with E-state index in [1.807, 2.05) is 0 Å². The average Bonchev–Trinajstić information content (AvgIpc) is 2.21. The van der Waals surface area contributed by atoms with E-state index in [1.165, 1.54) is 6.20 Å². The van der Waals surface area contributed by atoms with Crippen molar-refractivity contribution in [1.82, 2.24) is 9.55 Å². The number of allylic oxidation sites excluding steroid dienone is 1. The quantitative estimate of drug-likeness (QED) is 0.724. The maximum Gasteiger partial charge on any atom is 0.328 e. The molecular weight excluding hydrogens is 203 g/mol. The summed E-state index contributed by atoms with van der Waals surface area (Å²) in [5.41, 5.74) is -0.692. The van der Waals surface area contributed by atoms with Gasteiger partial charge in [0.05, 0.1) is 6.61 Å². The van der Waals surface area contributed by atoms with Gasteiger partial charge in [-0.1, -0.05) is 0 Å². The van der Waals surface area contributed by atoms with Crippen LogP contribution in [0.3, 0.4) is 0 Å². The minimum Gasteiger partial charge on any atom is -0.389 e. The summed E-state index contributed by atoms with van der Waals surface area (Å²) in [6, 6.07) is 0. The lowest BCUT2D eigenvalue weighted by molar-refractivity contribution is 0.297.